The van der Waals surface area contributed by atoms with Gasteiger partial charge in [-0.25, -0.2) is 4.39 Å². The van der Waals surface area contributed by atoms with Crippen LogP contribution >= 0.6 is 11.6 Å². The maximum absolute atomic E-state index is 13.9. The highest BCUT2D eigenvalue weighted by Crippen LogP contribution is 2.21. The quantitative estimate of drug-likeness (QED) is 0.644. The van der Waals surface area contributed by atoms with Gasteiger partial charge in [-0.3, -0.25) is 14.5 Å². The van der Waals surface area contributed by atoms with Crippen molar-refractivity contribution >= 4 is 28.5 Å². The lowest BCUT2D eigenvalue weighted by atomic mass is 10.0. The minimum Gasteiger partial charge on any atom is -0.494 e. The van der Waals surface area contributed by atoms with Crippen LogP contribution in [-0.4, -0.2) is 37.0 Å². The molecular formula is C23H22ClFN2O4. The van der Waals surface area contributed by atoms with Gasteiger partial charge in [0, 0.05) is 42.8 Å². The normalized spacial score (nSPS) is 15.2. The van der Waals surface area contributed by atoms with Crippen molar-refractivity contribution in [1.29, 1.82) is 0 Å². The van der Waals surface area contributed by atoms with E-state index >= 15 is 0 Å². The molecule has 2 aromatic carbocycles. The van der Waals surface area contributed by atoms with E-state index in [1.807, 2.05) is 6.07 Å². The van der Waals surface area contributed by atoms with Gasteiger partial charge in [0.15, 0.2) is 22.8 Å². The van der Waals surface area contributed by atoms with Gasteiger partial charge >= 0.3 is 0 Å². The second-order valence-electron chi connectivity index (χ2n) is 7.61. The van der Waals surface area contributed by atoms with Crippen molar-refractivity contribution in [2.45, 2.75) is 25.4 Å². The summed E-state index contributed by atoms with van der Waals surface area (Å²) in [4.78, 5) is 27.1. The Bertz CT molecular complexity index is 1170. The highest BCUT2D eigenvalue weighted by atomic mass is 35.5. The average Bonchev–Trinajstić information content (AvgIpc) is 2.75. The third-order valence-electron chi connectivity index (χ3n) is 5.46. The molecule has 0 bridgehead atoms. The van der Waals surface area contributed by atoms with Crippen molar-refractivity contribution in [1.82, 2.24) is 10.2 Å². The molecular weight excluding hydrogens is 423 g/mol. The van der Waals surface area contributed by atoms with Crippen LogP contribution in [0, 0.1) is 5.82 Å². The van der Waals surface area contributed by atoms with Gasteiger partial charge in [0.25, 0.3) is 5.91 Å². The number of hydrogen-bond donors (Lipinski definition) is 1. The molecule has 0 spiro atoms. The van der Waals surface area contributed by atoms with Gasteiger partial charge in [0.2, 0.25) is 0 Å². The molecule has 8 heteroatoms. The first-order valence-electron chi connectivity index (χ1n) is 10.0. The standard InChI is InChI=1S/C23H22ClFN2O4/c1-30-20-5-2-14(10-18(20)25)13-27-8-6-16(7-9-27)26-23(29)22-12-19(28)17-4-3-15(24)11-21(17)31-22/h2-5,10-12,16H,6-9,13H2,1H3,(H,26,29). The summed E-state index contributed by atoms with van der Waals surface area (Å²) in [6.07, 6.45) is 1.49. The number of ether oxygens (including phenoxy) is 1. The Balaban J connectivity index is 1.35. The fourth-order valence-corrected chi connectivity index (χ4v) is 3.96. The summed E-state index contributed by atoms with van der Waals surface area (Å²) < 4.78 is 24.4. The van der Waals surface area contributed by atoms with Crippen LogP contribution in [0.1, 0.15) is 29.0 Å². The van der Waals surface area contributed by atoms with Gasteiger partial charge in [0.05, 0.1) is 12.5 Å². The van der Waals surface area contributed by atoms with Gasteiger partial charge in [-0.1, -0.05) is 17.7 Å². The number of hydrogen-bond acceptors (Lipinski definition) is 5. The molecule has 0 radical (unpaired) electrons. The average molecular weight is 445 g/mol. The monoisotopic (exact) mass is 444 g/mol. The van der Waals surface area contributed by atoms with Crippen LogP contribution in [0.3, 0.4) is 0 Å². The first-order valence-corrected chi connectivity index (χ1v) is 10.4. The number of carbonyl (C=O) groups excluding carboxylic acids is 1. The molecule has 31 heavy (non-hydrogen) atoms. The smallest absolute Gasteiger partial charge is 0.287 e. The van der Waals surface area contributed by atoms with E-state index in [0.29, 0.717) is 17.0 Å². The number of nitrogens with zero attached hydrogens (tertiary/aromatic N) is 1. The van der Waals surface area contributed by atoms with E-state index < -0.39 is 5.91 Å². The summed E-state index contributed by atoms with van der Waals surface area (Å²) in [5.41, 5.74) is 0.869. The summed E-state index contributed by atoms with van der Waals surface area (Å²) in [6, 6.07) is 10.8. The maximum atomic E-state index is 13.9. The van der Waals surface area contributed by atoms with Gasteiger partial charge in [0.1, 0.15) is 5.58 Å². The molecule has 1 amide bonds. The molecule has 0 saturated carbocycles. The van der Waals surface area contributed by atoms with Crippen LogP contribution in [0.15, 0.2) is 51.7 Å². The van der Waals surface area contributed by atoms with Crippen molar-refractivity contribution in [3.8, 4) is 5.75 Å². The molecule has 2 heterocycles. The Morgan fingerprint density at radius 2 is 2.00 bits per heavy atom. The summed E-state index contributed by atoms with van der Waals surface area (Å²) in [6.45, 7) is 2.15. The number of likely N-dealkylation sites (tertiary alicyclic amines) is 1. The predicted molar refractivity (Wildman–Crippen MR) is 116 cm³/mol. The van der Waals surface area contributed by atoms with E-state index in [1.54, 1.807) is 18.2 Å². The molecule has 1 aromatic heterocycles. The SMILES string of the molecule is COc1ccc(CN2CCC(NC(=O)c3cc(=O)c4ccc(Cl)cc4o3)CC2)cc1F. The van der Waals surface area contributed by atoms with Crippen molar-refractivity contribution in [3.05, 3.63) is 74.9 Å². The van der Waals surface area contributed by atoms with Gasteiger partial charge in [-0.15, -0.1) is 0 Å². The second-order valence-corrected chi connectivity index (χ2v) is 8.04. The number of benzene rings is 2. The third-order valence-corrected chi connectivity index (χ3v) is 5.70. The van der Waals surface area contributed by atoms with Crippen molar-refractivity contribution in [2.24, 2.45) is 0 Å². The Morgan fingerprint density at radius 1 is 1.23 bits per heavy atom. The number of halogens is 2. The molecule has 1 saturated heterocycles. The number of amides is 1. The molecule has 0 atom stereocenters. The fraction of sp³-hybridized carbons (Fsp3) is 0.304. The van der Waals surface area contributed by atoms with Crippen LogP contribution < -0.4 is 15.5 Å². The van der Waals surface area contributed by atoms with Crippen LogP contribution in [0.4, 0.5) is 4.39 Å². The number of methoxy groups -OCH3 is 1. The van der Waals surface area contributed by atoms with E-state index in [2.05, 4.69) is 10.2 Å². The number of rotatable bonds is 5. The lowest BCUT2D eigenvalue weighted by Crippen LogP contribution is -2.44. The summed E-state index contributed by atoms with van der Waals surface area (Å²) in [5, 5.41) is 3.75. The minimum absolute atomic E-state index is 0.0308. The molecule has 4 rings (SSSR count). The van der Waals surface area contributed by atoms with Gasteiger partial charge < -0.3 is 14.5 Å². The van der Waals surface area contributed by atoms with Crippen LogP contribution in [0.2, 0.25) is 5.02 Å². The van der Waals surface area contributed by atoms with Crippen LogP contribution in [-0.2, 0) is 6.54 Å². The Kier molecular flexibility index (Phi) is 6.25. The lowest BCUT2D eigenvalue weighted by Gasteiger charge is -2.32. The first-order chi connectivity index (χ1) is 14.9. The molecule has 1 aliphatic heterocycles. The zero-order valence-corrected chi connectivity index (χ0v) is 17.7. The zero-order valence-electron chi connectivity index (χ0n) is 17.0. The third kappa shape index (κ3) is 4.89. The van der Waals surface area contributed by atoms with Crippen molar-refractivity contribution < 1.29 is 18.3 Å². The highest BCUT2D eigenvalue weighted by Gasteiger charge is 2.23. The van der Waals surface area contributed by atoms with Gasteiger partial charge in [-0.05, 0) is 42.7 Å². The Morgan fingerprint density at radius 3 is 2.71 bits per heavy atom. The molecule has 1 fully saturated rings. The fourth-order valence-electron chi connectivity index (χ4n) is 3.80. The van der Waals surface area contributed by atoms with E-state index in [9.17, 15) is 14.0 Å². The molecule has 162 valence electrons. The van der Waals surface area contributed by atoms with Crippen LogP contribution in [0.25, 0.3) is 11.0 Å². The molecule has 6 nitrogen and oxygen atoms in total. The molecule has 1 aliphatic rings. The number of piperidine rings is 1. The van der Waals surface area contributed by atoms with Gasteiger partial charge in [-0.2, -0.15) is 0 Å². The lowest BCUT2D eigenvalue weighted by molar-refractivity contribution is 0.0881. The maximum Gasteiger partial charge on any atom is 0.287 e. The van der Waals surface area contributed by atoms with E-state index in [-0.39, 0.29) is 34.4 Å². The number of fused-ring (bicyclic) bond motifs is 1. The zero-order chi connectivity index (χ0) is 22.0. The minimum atomic E-state index is -0.422. The molecule has 0 unspecified atom stereocenters. The van der Waals surface area contributed by atoms with E-state index in [1.165, 1.54) is 25.3 Å². The Labute approximate surface area is 183 Å². The second kappa shape index (κ2) is 9.08. The summed E-state index contributed by atoms with van der Waals surface area (Å²) in [5.74, 6) is -0.598. The van der Waals surface area contributed by atoms with Crippen molar-refractivity contribution in [2.75, 3.05) is 20.2 Å². The largest absolute Gasteiger partial charge is 0.494 e. The topological polar surface area (TPSA) is 71.8 Å². The summed E-state index contributed by atoms with van der Waals surface area (Å²) >= 11 is 5.96. The van der Waals surface area contributed by atoms with Crippen LogP contribution in [0.5, 0.6) is 5.75 Å². The summed E-state index contributed by atoms with van der Waals surface area (Å²) in [7, 11) is 1.44. The first kappa shape index (κ1) is 21.3. The van der Waals surface area contributed by atoms with E-state index in [4.69, 9.17) is 20.8 Å². The molecule has 1 N–H and O–H groups in total. The molecule has 0 aliphatic carbocycles. The van der Waals surface area contributed by atoms with Crippen molar-refractivity contribution in [3.63, 3.8) is 0 Å². The molecule has 3 aromatic rings. The number of nitrogens with one attached hydrogen (secondary N) is 1. The Hall–Kier alpha value is -2.90. The number of carbonyl (C=O) groups is 1. The predicted octanol–water partition coefficient (Wildman–Crippen LogP) is 3.99. The van der Waals surface area contributed by atoms with E-state index in [0.717, 1.165) is 31.5 Å². The highest BCUT2D eigenvalue weighted by molar-refractivity contribution is 6.31.